The molecule has 2 aliphatic rings. The lowest BCUT2D eigenvalue weighted by Gasteiger charge is -2.41. The number of hydrogen-bond acceptors (Lipinski definition) is 0. The average Bonchev–Trinajstić information content (AvgIpc) is 2.52. The van der Waals surface area contributed by atoms with Gasteiger partial charge >= 0.3 is 5.51 Å². The van der Waals surface area contributed by atoms with Crippen LogP contribution in [0.25, 0.3) is 6.08 Å². The number of alkyl halides is 3. The molecular weight excluding hydrogens is 337 g/mol. The Labute approximate surface area is 119 Å². The minimum Gasteiger partial charge on any atom is -0.160 e. The van der Waals surface area contributed by atoms with Crippen molar-refractivity contribution in [1.29, 1.82) is 0 Å². The molecule has 5 heteroatoms. The molecule has 1 aliphatic heterocycles. The maximum absolute atomic E-state index is 13.7. The normalized spacial score (nSPS) is 30.3. The van der Waals surface area contributed by atoms with Crippen LogP contribution in [0.4, 0.5) is 13.2 Å². The van der Waals surface area contributed by atoms with Gasteiger partial charge < -0.3 is 0 Å². The molecular formula is C14H14BrF3S. The summed E-state index contributed by atoms with van der Waals surface area (Å²) >= 11 is 3.13. The summed E-state index contributed by atoms with van der Waals surface area (Å²) in [6.45, 7) is 1.84. The van der Waals surface area contributed by atoms with Crippen LogP contribution in [0.5, 0.6) is 0 Å². The molecule has 3 rings (SSSR count). The van der Waals surface area contributed by atoms with Crippen LogP contribution in [-0.4, -0.2) is 5.51 Å². The third-order valence-corrected chi connectivity index (χ3v) is 9.89. The average molecular weight is 351 g/mol. The Hall–Kier alpha value is -0.420. The van der Waals surface area contributed by atoms with E-state index >= 15 is 0 Å². The van der Waals surface area contributed by atoms with Crippen LogP contribution < -0.4 is 0 Å². The number of rotatable bonds is 1. The monoisotopic (exact) mass is 350 g/mol. The fourth-order valence-electron chi connectivity index (χ4n) is 2.66. The molecule has 1 heterocycles. The van der Waals surface area contributed by atoms with Gasteiger partial charge in [-0.15, -0.1) is 0 Å². The highest BCUT2D eigenvalue weighted by Crippen LogP contribution is 2.83. The largest absolute Gasteiger partial charge is 0.442 e. The minimum atomic E-state index is -4.23. The van der Waals surface area contributed by atoms with Crippen molar-refractivity contribution in [1.82, 2.24) is 0 Å². The fourth-order valence-corrected chi connectivity index (χ4v) is 7.13. The Morgan fingerprint density at radius 3 is 2.47 bits per heavy atom. The van der Waals surface area contributed by atoms with Crippen LogP contribution in [0.2, 0.25) is 0 Å². The first-order valence-electron chi connectivity index (χ1n) is 6.25. The smallest absolute Gasteiger partial charge is 0.160 e. The molecule has 1 fully saturated rings. The van der Waals surface area contributed by atoms with Gasteiger partial charge in [0.1, 0.15) is 0 Å². The third-order valence-electron chi connectivity index (χ3n) is 3.92. The molecule has 0 spiro atoms. The maximum Gasteiger partial charge on any atom is 0.442 e. The van der Waals surface area contributed by atoms with E-state index in [1.807, 2.05) is 19.1 Å². The van der Waals surface area contributed by atoms with Crippen molar-refractivity contribution in [2.45, 2.75) is 36.6 Å². The van der Waals surface area contributed by atoms with Crippen LogP contribution in [-0.2, 0) is 0 Å². The molecule has 1 unspecified atom stereocenters. The molecule has 1 aromatic carbocycles. The Morgan fingerprint density at radius 1 is 1.26 bits per heavy atom. The quantitative estimate of drug-likeness (QED) is 0.570. The standard InChI is InChI=1S/C14H14BrF3S/c1-9-5-6-11-8-13(10-3-2-4-10)19(15,12(11)7-9)14(16,17)18/h5-8,10H,2-4H2,1H3. The van der Waals surface area contributed by atoms with Crippen LogP contribution in [0.1, 0.15) is 30.4 Å². The first kappa shape index (κ1) is 13.6. The number of benzene rings is 1. The molecule has 1 saturated carbocycles. The van der Waals surface area contributed by atoms with E-state index in [1.165, 1.54) is 0 Å². The zero-order valence-corrected chi connectivity index (χ0v) is 12.8. The van der Waals surface area contributed by atoms with E-state index in [-0.39, 0.29) is 5.92 Å². The second-order valence-corrected chi connectivity index (χ2v) is 10.6. The second-order valence-electron chi connectivity index (χ2n) is 5.20. The molecule has 0 saturated heterocycles. The van der Waals surface area contributed by atoms with E-state index in [0.29, 0.717) is 9.80 Å². The van der Waals surface area contributed by atoms with Gasteiger partial charge in [0.25, 0.3) is 0 Å². The van der Waals surface area contributed by atoms with Gasteiger partial charge in [0, 0.05) is 4.90 Å². The van der Waals surface area contributed by atoms with E-state index in [1.54, 1.807) is 12.1 Å². The van der Waals surface area contributed by atoms with Crippen molar-refractivity contribution in [3.63, 3.8) is 0 Å². The number of fused-ring (bicyclic) bond motifs is 1. The lowest BCUT2D eigenvalue weighted by atomic mass is 9.85. The van der Waals surface area contributed by atoms with Crippen molar-refractivity contribution >= 4 is 29.4 Å². The number of allylic oxidation sites excluding steroid dienone is 1. The van der Waals surface area contributed by atoms with Crippen LogP contribution in [0.15, 0.2) is 28.0 Å². The van der Waals surface area contributed by atoms with Gasteiger partial charge in [0.15, 0.2) is 0 Å². The lowest BCUT2D eigenvalue weighted by molar-refractivity contribution is -0.0358. The summed E-state index contributed by atoms with van der Waals surface area (Å²) in [6, 6.07) is 5.38. The van der Waals surface area contributed by atoms with Crippen molar-refractivity contribution in [2.24, 2.45) is 5.92 Å². The van der Waals surface area contributed by atoms with Crippen molar-refractivity contribution in [3.05, 3.63) is 34.2 Å². The highest BCUT2D eigenvalue weighted by Gasteiger charge is 2.57. The Morgan fingerprint density at radius 2 is 1.95 bits per heavy atom. The summed E-state index contributed by atoms with van der Waals surface area (Å²) in [5.41, 5.74) is -2.62. The molecule has 0 N–H and O–H groups in total. The van der Waals surface area contributed by atoms with Gasteiger partial charge in [0.2, 0.25) is 0 Å². The molecule has 104 valence electrons. The van der Waals surface area contributed by atoms with Crippen LogP contribution in [0.3, 0.4) is 0 Å². The fraction of sp³-hybridized carbons (Fsp3) is 0.429. The SMILES string of the molecule is Cc1ccc2c(c1)S(Br)(C(F)(F)F)C(C1CCC1)=C2. The highest BCUT2D eigenvalue weighted by atomic mass is 79.9. The molecule has 0 aromatic heterocycles. The van der Waals surface area contributed by atoms with Gasteiger partial charge in [-0.2, -0.15) is 13.2 Å². The summed E-state index contributed by atoms with van der Waals surface area (Å²) in [4.78, 5) is 1.01. The van der Waals surface area contributed by atoms with E-state index in [4.69, 9.17) is 0 Å². The molecule has 1 atom stereocenters. The highest BCUT2D eigenvalue weighted by molar-refractivity contribution is 9.59. The second kappa shape index (κ2) is 4.29. The third kappa shape index (κ3) is 1.88. The van der Waals surface area contributed by atoms with Gasteiger partial charge in [0.05, 0.1) is 0 Å². The molecule has 1 aliphatic carbocycles. The molecule has 0 radical (unpaired) electrons. The molecule has 0 bridgehead atoms. The van der Waals surface area contributed by atoms with Gasteiger partial charge in [-0.05, 0) is 77.1 Å². The predicted octanol–water partition coefficient (Wildman–Crippen LogP) is 6.14. The summed E-state index contributed by atoms with van der Waals surface area (Å²) in [6.07, 6.45) is 4.58. The number of aryl methyl sites for hydroxylation is 1. The van der Waals surface area contributed by atoms with Gasteiger partial charge in [-0.3, -0.25) is 0 Å². The summed E-state index contributed by atoms with van der Waals surface area (Å²) in [7, 11) is -3.03. The minimum absolute atomic E-state index is 0.101. The summed E-state index contributed by atoms with van der Waals surface area (Å²) in [5.74, 6) is 0.101. The first-order chi connectivity index (χ1) is 8.84. The van der Waals surface area contributed by atoms with E-state index < -0.39 is 14.0 Å². The molecule has 0 amide bonds. The first-order valence-corrected chi connectivity index (χ1v) is 9.73. The zero-order valence-electron chi connectivity index (χ0n) is 10.4. The summed E-state index contributed by atoms with van der Waals surface area (Å²) < 4.78 is 41.0. The number of hydrogen-bond donors (Lipinski definition) is 0. The lowest BCUT2D eigenvalue weighted by Crippen LogP contribution is -2.22. The van der Waals surface area contributed by atoms with Crippen molar-refractivity contribution in [3.8, 4) is 0 Å². The molecule has 19 heavy (non-hydrogen) atoms. The predicted molar refractivity (Wildman–Crippen MR) is 77.3 cm³/mol. The van der Waals surface area contributed by atoms with E-state index in [9.17, 15) is 13.2 Å². The van der Waals surface area contributed by atoms with E-state index in [0.717, 1.165) is 30.4 Å². The van der Waals surface area contributed by atoms with E-state index in [2.05, 4.69) is 14.8 Å². The Kier molecular flexibility index (Phi) is 3.06. The van der Waals surface area contributed by atoms with Crippen LogP contribution in [0, 0.1) is 12.8 Å². The maximum atomic E-state index is 13.7. The van der Waals surface area contributed by atoms with Crippen molar-refractivity contribution < 1.29 is 13.2 Å². The molecule has 0 nitrogen and oxygen atoms in total. The number of halogens is 4. The Balaban J connectivity index is 2.17. The van der Waals surface area contributed by atoms with Crippen molar-refractivity contribution in [2.75, 3.05) is 0 Å². The van der Waals surface area contributed by atoms with Gasteiger partial charge in [-0.1, -0.05) is 18.6 Å². The van der Waals surface area contributed by atoms with Gasteiger partial charge in [-0.25, -0.2) is 0 Å². The Bertz CT molecular complexity index is 560. The van der Waals surface area contributed by atoms with Crippen LogP contribution >= 0.6 is 23.3 Å². The summed E-state index contributed by atoms with van der Waals surface area (Å²) in [5, 5.41) is 0. The topological polar surface area (TPSA) is 0 Å². The molecule has 1 aromatic rings. The zero-order chi connectivity index (χ0) is 13.8.